The molecule has 3 heterocycles. The minimum Gasteiger partial charge on any atom is -0.545 e. The van der Waals surface area contributed by atoms with Gasteiger partial charge in [0.2, 0.25) is 5.91 Å². The van der Waals surface area contributed by atoms with Crippen molar-refractivity contribution < 1.29 is 44.9 Å². The number of aromatic nitrogens is 2. The van der Waals surface area contributed by atoms with Crippen LogP contribution in [0.3, 0.4) is 0 Å². The summed E-state index contributed by atoms with van der Waals surface area (Å²) in [7, 11) is -1.50. The first kappa shape index (κ1) is 31.9. The van der Waals surface area contributed by atoms with E-state index in [1.807, 2.05) is 41.3 Å². The predicted molar refractivity (Wildman–Crippen MR) is 117 cm³/mol. The molecule has 175 valence electrons. The summed E-state index contributed by atoms with van der Waals surface area (Å²) in [6, 6.07) is 11.4. The molecule has 1 aliphatic heterocycles. The number of pyridine rings is 2. The van der Waals surface area contributed by atoms with Crippen molar-refractivity contribution in [3.63, 3.8) is 0 Å². The van der Waals surface area contributed by atoms with Crippen LogP contribution in [0.25, 0.3) is 0 Å². The second kappa shape index (κ2) is 18.3. The maximum Gasteiger partial charge on any atom is 0.475 e. The second-order valence-electron chi connectivity index (χ2n) is 6.50. The molecule has 1 atom stereocenters. The number of carbonyl (C=O) groups is 1. The van der Waals surface area contributed by atoms with Gasteiger partial charge in [-0.3, -0.25) is 33.2 Å². The minimum atomic E-state index is -1.50. The first-order chi connectivity index (χ1) is 14.6. The van der Waals surface area contributed by atoms with Gasteiger partial charge in [0, 0.05) is 52.5 Å². The molecule has 1 saturated heterocycles. The van der Waals surface area contributed by atoms with Gasteiger partial charge in [0.1, 0.15) is 0 Å². The third-order valence-electron chi connectivity index (χ3n) is 4.55. The Morgan fingerprint density at radius 3 is 1.94 bits per heavy atom. The van der Waals surface area contributed by atoms with Crippen molar-refractivity contribution in [1.29, 1.82) is 0 Å². The Labute approximate surface area is 203 Å². The van der Waals surface area contributed by atoms with Gasteiger partial charge in [-0.05, 0) is 37.1 Å². The molecule has 1 fully saturated rings. The number of hydrogen-bond donors (Lipinski definition) is 2. The summed E-state index contributed by atoms with van der Waals surface area (Å²) in [6.45, 7) is 8.27. The number of amides is 1. The van der Waals surface area contributed by atoms with Gasteiger partial charge in [0.05, 0.1) is 23.9 Å². The zero-order chi connectivity index (χ0) is 22.4. The Bertz CT molecular complexity index is 702. The summed E-state index contributed by atoms with van der Waals surface area (Å²) >= 11 is 0. The smallest absolute Gasteiger partial charge is 0.475 e. The molecule has 1 radical (unpaired) electrons. The molecule has 0 bridgehead atoms. The van der Waals surface area contributed by atoms with Crippen LogP contribution in [-0.4, -0.2) is 75.5 Å². The quantitative estimate of drug-likeness (QED) is 0.261. The average Bonchev–Trinajstić information content (AvgIpc) is 3.29. The van der Waals surface area contributed by atoms with Crippen LogP contribution in [0, 0.1) is 7.43 Å². The molecule has 0 aromatic carbocycles. The largest absolute Gasteiger partial charge is 0.545 e. The van der Waals surface area contributed by atoms with Gasteiger partial charge in [0.15, 0.2) is 0 Å². The number of likely N-dealkylation sites (tertiary alicyclic amines) is 1. The van der Waals surface area contributed by atoms with E-state index in [1.165, 1.54) is 0 Å². The van der Waals surface area contributed by atoms with Crippen LogP contribution in [0.1, 0.15) is 24.2 Å². The molecule has 3 rings (SSSR count). The van der Waals surface area contributed by atoms with E-state index >= 15 is 0 Å². The standard InChI is InChI=1S/C18H23BN4O3.2CHO.CH3.Re/c24-18(23-11-5-8-17(23)19(25)26)14-22(12-15-6-1-3-9-20-15)13-16-7-2-4-10-21-16;2*1-2;;/h1-4,6-7,9-10,17,25-26H,5,8,11-14H2;2*1H;1H3;/q;3*-1;. The molecule has 1 unspecified atom stereocenters. The van der Waals surface area contributed by atoms with Crippen molar-refractivity contribution in [3.8, 4) is 0 Å². The zero-order valence-corrected chi connectivity index (χ0v) is 20.7. The van der Waals surface area contributed by atoms with Gasteiger partial charge in [-0.2, -0.15) is 0 Å². The molecule has 1 aliphatic rings. The average molecular weight is 613 g/mol. The molecule has 0 saturated carbocycles. The van der Waals surface area contributed by atoms with Crippen molar-refractivity contribution in [2.75, 3.05) is 13.1 Å². The van der Waals surface area contributed by atoms with E-state index in [9.17, 15) is 14.8 Å². The predicted octanol–water partition coefficient (Wildman–Crippen LogP) is 0.381. The monoisotopic (exact) mass is 614 g/mol. The van der Waals surface area contributed by atoms with Crippen LogP contribution in [0.4, 0.5) is 0 Å². The van der Waals surface area contributed by atoms with Gasteiger partial charge in [-0.25, -0.2) is 0 Å². The first-order valence-electron chi connectivity index (χ1n) is 9.28. The summed E-state index contributed by atoms with van der Waals surface area (Å²) in [5.41, 5.74) is 1.74. The number of nitrogens with zero attached hydrogens (tertiary/aromatic N) is 4. The Morgan fingerprint density at radius 2 is 1.53 bits per heavy atom. The van der Waals surface area contributed by atoms with E-state index in [0.717, 1.165) is 17.8 Å². The van der Waals surface area contributed by atoms with Crippen molar-refractivity contribution in [3.05, 3.63) is 67.6 Å². The molecular weight excluding hydrogens is 585 g/mol. The fraction of sp³-hybridized carbons (Fsp3) is 0.333. The van der Waals surface area contributed by atoms with E-state index in [1.54, 1.807) is 17.3 Å². The third kappa shape index (κ3) is 10.4. The molecule has 0 spiro atoms. The van der Waals surface area contributed by atoms with E-state index in [4.69, 9.17) is 9.59 Å². The number of carbonyl (C=O) groups excluding carboxylic acids is 3. The van der Waals surface area contributed by atoms with Crippen LogP contribution >= 0.6 is 0 Å². The Hall–Kier alpha value is -2.28. The Balaban J connectivity index is 0. The van der Waals surface area contributed by atoms with E-state index in [0.29, 0.717) is 26.1 Å². The van der Waals surface area contributed by atoms with Crippen molar-refractivity contribution in [1.82, 2.24) is 19.8 Å². The van der Waals surface area contributed by atoms with Gasteiger partial charge in [-0.15, -0.1) is 0 Å². The maximum absolute atomic E-state index is 12.8. The molecule has 2 aromatic heterocycles. The van der Waals surface area contributed by atoms with Crippen LogP contribution in [-0.2, 0) is 47.9 Å². The van der Waals surface area contributed by atoms with Gasteiger partial charge in [0.25, 0.3) is 0 Å². The second-order valence-corrected chi connectivity index (χ2v) is 6.50. The fourth-order valence-electron chi connectivity index (χ4n) is 3.30. The summed E-state index contributed by atoms with van der Waals surface area (Å²) in [5.74, 6) is -0.624. The molecular formula is C21H28BN4O5Re-3. The zero-order valence-electron chi connectivity index (χ0n) is 18.0. The topological polar surface area (TPSA) is 124 Å². The Kier molecular flexibility index (Phi) is 18.2. The maximum atomic E-state index is 12.8. The van der Waals surface area contributed by atoms with Gasteiger partial charge < -0.3 is 32.0 Å². The first-order valence-corrected chi connectivity index (χ1v) is 9.28. The van der Waals surface area contributed by atoms with Gasteiger partial charge >= 0.3 is 7.12 Å². The normalized spacial score (nSPS) is 14.0. The summed E-state index contributed by atoms with van der Waals surface area (Å²) in [4.78, 5) is 40.5. The fourth-order valence-corrected chi connectivity index (χ4v) is 3.30. The molecule has 1 amide bonds. The summed E-state index contributed by atoms with van der Waals surface area (Å²) < 4.78 is 0. The summed E-state index contributed by atoms with van der Waals surface area (Å²) in [6.07, 6.45) is 4.86. The molecule has 32 heavy (non-hydrogen) atoms. The molecule has 0 aliphatic carbocycles. The van der Waals surface area contributed by atoms with Crippen molar-refractivity contribution in [2.45, 2.75) is 31.9 Å². The van der Waals surface area contributed by atoms with Crippen molar-refractivity contribution >= 4 is 26.6 Å². The van der Waals surface area contributed by atoms with E-state index in [2.05, 4.69) is 23.5 Å². The molecule has 9 nitrogen and oxygen atoms in total. The van der Waals surface area contributed by atoms with Crippen LogP contribution in [0.2, 0.25) is 0 Å². The minimum absolute atomic E-state index is 0. The van der Waals surface area contributed by atoms with Crippen LogP contribution < -0.4 is 0 Å². The van der Waals surface area contributed by atoms with E-state index in [-0.39, 0.29) is 40.3 Å². The molecule has 2 N–H and O–H groups in total. The van der Waals surface area contributed by atoms with Crippen molar-refractivity contribution in [2.24, 2.45) is 0 Å². The third-order valence-corrected chi connectivity index (χ3v) is 4.55. The van der Waals surface area contributed by atoms with E-state index < -0.39 is 13.1 Å². The SMILES string of the molecule is O=C(CN(Cc1ccccn1)Cc1ccccn1)N1CCCC1B(O)O.[CH-]=O.[CH-]=O.[CH3-].[Re]. The summed E-state index contributed by atoms with van der Waals surface area (Å²) in [5, 5.41) is 19.0. The van der Waals surface area contributed by atoms with Crippen LogP contribution in [0.15, 0.2) is 48.8 Å². The Morgan fingerprint density at radius 1 is 1.03 bits per heavy atom. The van der Waals surface area contributed by atoms with Crippen LogP contribution in [0.5, 0.6) is 0 Å². The number of hydrogen-bond acceptors (Lipinski definition) is 8. The number of rotatable bonds is 7. The van der Waals surface area contributed by atoms with Gasteiger partial charge in [-0.1, -0.05) is 12.1 Å². The molecule has 2 aromatic rings. The molecule has 11 heteroatoms.